The Hall–Kier alpha value is -11.6. The second-order valence-corrected chi connectivity index (χ2v) is 28.0. The first kappa shape index (κ1) is 90.6. The van der Waals surface area contributed by atoms with Crippen LogP contribution in [0.3, 0.4) is 0 Å². The Labute approximate surface area is 707 Å². The summed E-state index contributed by atoms with van der Waals surface area (Å²) in [6, 6.07) is 94.8. The molecule has 115 heavy (non-hydrogen) atoms. The van der Waals surface area contributed by atoms with Crippen LogP contribution in [0, 0.1) is 63.9 Å². The van der Waals surface area contributed by atoms with Gasteiger partial charge in [-0.1, -0.05) is 230 Å². The second kappa shape index (κ2) is 42.5. The summed E-state index contributed by atoms with van der Waals surface area (Å²) in [7, 11) is 0. The number of hydrogen-bond acceptors (Lipinski definition) is 9. The topological polar surface area (TPSA) is 138 Å². The molecule has 11 nitrogen and oxygen atoms in total. The second-order valence-electron chi connectivity index (χ2n) is 28.0. The van der Waals surface area contributed by atoms with Crippen molar-refractivity contribution >= 4 is 58.0 Å². The van der Waals surface area contributed by atoms with Crippen LogP contribution < -0.4 is 9.80 Å². The molecule has 0 saturated carbocycles. The van der Waals surface area contributed by atoms with Crippen LogP contribution in [-0.2, 0) is 70.5 Å². The number of nitrogens with zero attached hydrogens (tertiary/aromatic N) is 7. The Balaban J connectivity index is 0.000000225. The molecule has 0 bridgehead atoms. The first-order valence-corrected chi connectivity index (χ1v) is 35.6. The molecule has 15 rings (SSSR count). The summed E-state index contributed by atoms with van der Waals surface area (Å²) in [6.45, 7) is 15.8. The molecule has 591 valence electrons. The number of carbonyl (C=O) groups excluding carboxylic acids is 1. The molecule has 10 aromatic carbocycles. The van der Waals surface area contributed by atoms with Crippen molar-refractivity contribution in [3.8, 4) is 39.3 Å². The van der Waals surface area contributed by atoms with Crippen molar-refractivity contribution in [3.05, 3.63) is 403 Å². The number of carboxylic acid groups (broad SMARTS) is 1. The van der Waals surface area contributed by atoms with E-state index < -0.39 is 46.3 Å². The van der Waals surface area contributed by atoms with E-state index in [1.54, 1.807) is 73.2 Å². The number of carbonyl (C=O) groups is 2. The molecular weight excluding hydrogens is 1990 g/mol. The number of rotatable bonds is 13. The van der Waals surface area contributed by atoms with E-state index in [1.807, 2.05) is 41.5 Å². The fourth-order valence-corrected chi connectivity index (χ4v) is 11.5. The summed E-state index contributed by atoms with van der Waals surface area (Å²) in [6.07, 6.45) is 13.4. The number of aromatic nitrogens is 5. The summed E-state index contributed by atoms with van der Waals surface area (Å²) in [5.74, 6) is -4.78. The Morgan fingerprint density at radius 3 is 1.20 bits per heavy atom. The van der Waals surface area contributed by atoms with Gasteiger partial charge in [0, 0.05) is 183 Å². The van der Waals surface area contributed by atoms with E-state index in [2.05, 4.69) is 256 Å². The zero-order valence-electron chi connectivity index (χ0n) is 63.8. The van der Waals surface area contributed by atoms with Crippen molar-refractivity contribution in [2.24, 2.45) is 10.8 Å². The predicted molar refractivity (Wildman–Crippen MR) is 434 cm³/mol. The number of pyridine rings is 3. The van der Waals surface area contributed by atoms with Gasteiger partial charge in [0.15, 0.2) is 5.78 Å². The number of hydrogen-bond donors (Lipinski definition) is 2. The number of halogens is 6. The van der Waals surface area contributed by atoms with Crippen LogP contribution >= 0.6 is 0 Å². The maximum absolute atomic E-state index is 13.2. The molecule has 4 heterocycles. The number of aliphatic hydroxyl groups excluding tert-OH is 1. The van der Waals surface area contributed by atoms with Crippen LogP contribution in [0.5, 0.6) is 0 Å². The van der Waals surface area contributed by atoms with Gasteiger partial charge in [0.1, 0.15) is 11.5 Å². The third-order valence-corrected chi connectivity index (χ3v) is 17.4. The van der Waals surface area contributed by atoms with Crippen LogP contribution in [0.2, 0.25) is 0 Å². The molecule has 3 radical (unpaired) electrons. The summed E-state index contributed by atoms with van der Waals surface area (Å²) in [5, 5.41) is 21.7. The minimum Gasteiger partial charge on any atom is -0.512 e. The number of aliphatic hydroxyl groups is 1. The van der Waals surface area contributed by atoms with Gasteiger partial charge in [0.2, 0.25) is 0 Å². The van der Waals surface area contributed by atoms with Gasteiger partial charge in [0.25, 0.3) is 0 Å². The number of carboxylic acids is 1. The summed E-state index contributed by atoms with van der Waals surface area (Å²) < 4.78 is 78.4. The normalized spacial score (nSPS) is 11.4. The van der Waals surface area contributed by atoms with E-state index in [0.29, 0.717) is 11.4 Å². The number of fused-ring (bicyclic) bond motifs is 3. The molecule has 0 unspecified atom stereocenters. The monoisotopic (exact) mass is 2080 g/mol. The Morgan fingerprint density at radius 2 is 0.809 bits per heavy atom. The van der Waals surface area contributed by atoms with E-state index in [1.165, 1.54) is 68.3 Å². The van der Waals surface area contributed by atoms with Gasteiger partial charge < -0.3 is 30.0 Å². The van der Waals surface area contributed by atoms with Gasteiger partial charge in [-0.2, -0.15) is 11.2 Å². The molecule has 1 aliphatic carbocycles. The van der Waals surface area contributed by atoms with Crippen molar-refractivity contribution < 1.29 is 106 Å². The molecule has 0 amide bonds. The van der Waals surface area contributed by atoms with Crippen molar-refractivity contribution in [2.45, 2.75) is 60.8 Å². The number of allylic oxidation sites excluding steroid dienone is 2. The average Bonchev–Trinajstić information content (AvgIpc) is 1.57. The van der Waals surface area contributed by atoms with Crippen LogP contribution in [0.4, 0.5) is 60.5 Å². The molecule has 0 fully saturated rings. The van der Waals surface area contributed by atoms with Crippen molar-refractivity contribution in [2.75, 3.05) is 9.80 Å². The quantitative estimate of drug-likeness (QED) is 0.0377. The van der Waals surface area contributed by atoms with E-state index >= 15 is 0 Å². The van der Waals surface area contributed by atoms with E-state index in [4.69, 9.17) is 5.11 Å². The average molecular weight is 2070 g/mol. The van der Waals surface area contributed by atoms with Gasteiger partial charge in [-0.3, -0.25) is 35.8 Å². The minimum atomic E-state index is -0.990. The maximum Gasteiger partial charge on any atom is 0.354 e. The number of aromatic carboxylic acids is 1. The van der Waals surface area contributed by atoms with Crippen LogP contribution in [0.25, 0.3) is 51.5 Å². The zero-order valence-corrected chi connectivity index (χ0v) is 71.0. The van der Waals surface area contributed by atoms with E-state index in [0.717, 1.165) is 64.8 Å². The first-order chi connectivity index (χ1) is 53.7. The van der Waals surface area contributed by atoms with Crippen molar-refractivity contribution in [1.82, 2.24) is 24.7 Å². The molecule has 1 aliphatic rings. The van der Waals surface area contributed by atoms with Gasteiger partial charge in [-0.05, 0) is 154 Å². The molecule has 0 spiro atoms. The predicted octanol–water partition coefficient (Wildman–Crippen LogP) is 24.6. The third-order valence-electron chi connectivity index (χ3n) is 17.4. The van der Waals surface area contributed by atoms with Gasteiger partial charge in [-0.15, -0.1) is 36.4 Å². The van der Waals surface area contributed by atoms with Gasteiger partial charge in [-0.25, -0.2) is 9.78 Å². The number of anilines is 6. The van der Waals surface area contributed by atoms with Gasteiger partial charge >= 0.3 is 5.97 Å². The van der Waals surface area contributed by atoms with Crippen molar-refractivity contribution in [1.29, 1.82) is 0 Å². The molecule has 4 aromatic heterocycles. The molecule has 0 aliphatic heterocycles. The van der Waals surface area contributed by atoms with Crippen LogP contribution in [0.15, 0.2) is 322 Å². The van der Waals surface area contributed by atoms with Gasteiger partial charge in [0.05, 0.1) is 0 Å². The molecular formula is C95H80F6Ir3N7O4-3. The van der Waals surface area contributed by atoms with E-state index in [9.17, 15) is 41.0 Å². The first-order valence-electron chi connectivity index (χ1n) is 35.6. The number of ketones is 1. The van der Waals surface area contributed by atoms with E-state index in [-0.39, 0.29) is 105 Å². The Kier molecular flexibility index (Phi) is 33.5. The molecule has 0 saturated heterocycles. The third kappa shape index (κ3) is 25.0. The molecule has 0 atom stereocenters. The van der Waals surface area contributed by atoms with Crippen LogP contribution in [-0.4, -0.2) is 46.7 Å². The molecule has 2 N–H and O–H groups in total. The van der Waals surface area contributed by atoms with Crippen molar-refractivity contribution in [3.63, 3.8) is 0 Å². The minimum absolute atomic E-state index is 0. The summed E-state index contributed by atoms with van der Waals surface area (Å²) >= 11 is 0. The summed E-state index contributed by atoms with van der Waals surface area (Å²) in [4.78, 5) is 37.7. The standard InChI is InChI=1S/C47H38N2.2C11H6F2N.C11H20O2.C9H5F2N2.C6H5NO2.3Ir/c1-47(2)45-33-36(24-23-35-25-28-41(29-26-35)48(37-15-7-3-8-16-37)38-17-9-4-10-18-38)27-31-43(45)44-32-30-42(34-46(44)47)49(39-19-11-5-12-20-39)40-21-13-6-14-22-40;2*12-8-4-5-9(10(13)7-8)11-3-1-2-6-14-11;1-10(2,3)8(12)7-9(13)11(4,5)6;10-7-2-3-9(8(11)6-7)13-5-1-4-12-13;8-6(9)5-3-1-2-4-7-5;;;/h3-34H,1-2H3;2*1-4,6-7H;7,12H,1-6H3;1-2,4-6H;1-4H,(H,8,9);;;/q;2*-1;;-1;;;;/b24-23+;;;;;;;;. The summed E-state index contributed by atoms with van der Waals surface area (Å²) in [5.41, 5.74) is 15.2. The van der Waals surface area contributed by atoms with Crippen LogP contribution in [0.1, 0.15) is 88.1 Å². The maximum atomic E-state index is 13.2. The molecule has 14 aromatic rings. The fraction of sp³-hybridized carbons (Fsp3) is 0.116. The zero-order chi connectivity index (χ0) is 80.0. The SMILES string of the molecule is CC(C)(C)C(=O)C=C(O)C(C)(C)C.CC1(C)c2cc(/C=C/c3ccc(N(c4ccccc4)c4ccccc4)cc3)ccc2-c2ccc(N(c3ccccc3)c3ccccc3)cc21.Fc1c[c-]c(-c2ccccn2)c(F)c1.Fc1c[c-]c(-c2ccccn2)c(F)c1.Fc1c[c-]c(-n2cccn2)c(F)c1.O=C(O)c1ccccn1.[Ir].[Ir].[Ir]. The fourth-order valence-electron chi connectivity index (χ4n) is 11.5. The Morgan fingerprint density at radius 1 is 0.417 bits per heavy atom. The number of benzene rings is 10. The smallest absolute Gasteiger partial charge is 0.354 e. The largest absolute Gasteiger partial charge is 0.512 e. The number of para-hydroxylation sites is 4. The Bertz CT molecular complexity index is 5310. The molecule has 20 heteroatoms.